The maximum atomic E-state index is 13.0. The second-order valence-electron chi connectivity index (χ2n) is 7.59. The monoisotopic (exact) mass is 413 g/mol. The lowest BCUT2D eigenvalue weighted by molar-refractivity contribution is -0.118. The first kappa shape index (κ1) is 20.9. The van der Waals surface area contributed by atoms with Gasteiger partial charge < -0.3 is 10.2 Å². The maximum Gasteiger partial charge on any atom is 0.294 e. The normalized spacial score (nSPS) is 16.8. The van der Waals surface area contributed by atoms with Gasteiger partial charge in [-0.1, -0.05) is 50.6 Å². The number of aryl methyl sites for hydroxylation is 1. The Morgan fingerprint density at radius 3 is 2.34 bits per heavy atom. The van der Waals surface area contributed by atoms with Crippen LogP contribution in [0.4, 0.5) is 5.69 Å². The molecule has 0 aromatic heterocycles. The summed E-state index contributed by atoms with van der Waals surface area (Å²) in [6.07, 6.45) is 1.06. The molecule has 152 valence electrons. The molecule has 1 aliphatic rings. The van der Waals surface area contributed by atoms with Crippen LogP contribution in [0.25, 0.3) is 0 Å². The highest BCUT2D eigenvalue weighted by molar-refractivity contribution is 6.32. The van der Waals surface area contributed by atoms with E-state index in [9.17, 15) is 19.8 Å². The van der Waals surface area contributed by atoms with Gasteiger partial charge in [-0.2, -0.15) is 0 Å². The van der Waals surface area contributed by atoms with Crippen LogP contribution in [0.5, 0.6) is 5.75 Å². The molecule has 3 rings (SSSR count). The molecule has 1 aliphatic heterocycles. The number of carbonyl (C=O) groups excluding carboxylic acids is 2. The van der Waals surface area contributed by atoms with Crippen LogP contribution in [-0.2, 0) is 16.0 Å². The van der Waals surface area contributed by atoms with Crippen molar-refractivity contribution in [2.24, 2.45) is 5.92 Å². The molecule has 1 heterocycles. The van der Waals surface area contributed by atoms with E-state index < -0.39 is 17.7 Å². The van der Waals surface area contributed by atoms with Crippen LogP contribution in [0.15, 0.2) is 53.8 Å². The number of ketones is 1. The molecule has 2 aromatic rings. The summed E-state index contributed by atoms with van der Waals surface area (Å²) in [4.78, 5) is 27.3. The first-order chi connectivity index (χ1) is 13.7. The second kappa shape index (κ2) is 8.29. The van der Waals surface area contributed by atoms with Gasteiger partial charge in [0.05, 0.1) is 16.6 Å². The van der Waals surface area contributed by atoms with Crippen molar-refractivity contribution in [3.05, 3.63) is 69.9 Å². The molecule has 0 spiro atoms. The van der Waals surface area contributed by atoms with E-state index in [2.05, 4.69) is 0 Å². The van der Waals surface area contributed by atoms with E-state index in [1.807, 2.05) is 32.9 Å². The fourth-order valence-electron chi connectivity index (χ4n) is 3.54. The minimum Gasteiger partial charge on any atom is -0.506 e. The number of phenolic OH excluding ortho intramolecular Hbond substituents is 1. The molecule has 2 N–H and O–H groups in total. The molecule has 0 aliphatic carbocycles. The quantitative estimate of drug-likeness (QED) is 0.688. The largest absolute Gasteiger partial charge is 0.506 e. The summed E-state index contributed by atoms with van der Waals surface area (Å²) in [5, 5.41) is 20.5. The van der Waals surface area contributed by atoms with Gasteiger partial charge in [-0.15, -0.1) is 0 Å². The molecule has 0 bridgehead atoms. The number of hydrogen-bond donors (Lipinski definition) is 2. The van der Waals surface area contributed by atoms with E-state index >= 15 is 0 Å². The van der Waals surface area contributed by atoms with Crippen LogP contribution in [0.1, 0.15) is 44.4 Å². The average Bonchev–Trinajstić information content (AvgIpc) is 2.95. The number of hydrogen-bond acceptors (Lipinski definition) is 4. The smallest absolute Gasteiger partial charge is 0.294 e. The number of halogens is 1. The SMILES string of the molecule is CCc1ccc(N2C(=O)C(O)=C(C(=O)CC(C)C)C2c2ccc(O)c(Cl)c2)cc1. The third-order valence-electron chi connectivity index (χ3n) is 5.01. The molecular formula is C23H24ClNO4. The lowest BCUT2D eigenvalue weighted by atomic mass is 9.92. The zero-order valence-corrected chi connectivity index (χ0v) is 17.4. The minimum absolute atomic E-state index is 0.0602. The number of aromatic hydroxyl groups is 1. The number of aliphatic hydroxyl groups excluding tert-OH is 1. The van der Waals surface area contributed by atoms with E-state index in [1.54, 1.807) is 18.2 Å². The summed E-state index contributed by atoms with van der Waals surface area (Å²) < 4.78 is 0. The second-order valence-corrected chi connectivity index (χ2v) is 8.00. The van der Waals surface area contributed by atoms with Gasteiger partial charge in [0.25, 0.3) is 5.91 Å². The van der Waals surface area contributed by atoms with Crippen LogP contribution < -0.4 is 4.90 Å². The topological polar surface area (TPSA) is 77.8 Å². The summed E-state index contributed by atoms with van der Waals surface area (Å²) in [5.74, 6) is -1.48. The van der Waals surface area contributed by atoms with Gasteiger partial charge in [-0.3, -0.25) is 14.5 Å². The van der Waals surface area contributed by atoms with E-state index in [0.29, 0.717) is 11.3 Å². The molecule has 1 unspecified atom stereocenters. The molecular weight excluding hydrogens is 390 g/mol. The molecule has 0 fully saturated rings. The van der Waals surface area contributed by atoms with Gasteiger partial charge in [0, 0.05) is 12.1 Å². The Hall–Kier alpha value is -2.79. The summed E-state index contributed by atoms with van der Waals surface area (Å²) in [5.41, 5.74) is 2.28. The number of amides is 1. The van der Waals surface area contributed by atoms with E-state index in [1.165, 1.54) is 17.0 Å². The van der Waals surface area contributed by atoms with Crippen molar-refractivity contribution in [2.75, 3.05) is 4.90 Å². The molecule has 0 saturated heterocycles. The molecule has 2 aromatic carbocycles. The number of carbonyl (C=O) groups is 2. The minimum atomic E-state index is -0.820. The Kier molecular flexibility index (Phi) is 5.99. The van der Waals surface area contributed by atoms with Crippen LogP contribution >= 0.6 is 11.6 Å². The number of aliphatic hydroxyl groups is 1. The van der Waals surface area contributed by atoms with Crippen LogP contribution in [-0.4, -0.2) is 21.9 Å². The standard InChI is InChI=1S/C23H24ClNO4/c1-4-14-5-8-16(9-6-14)25-21(15-7-10-18(26)17(24)12-15)20(22(28)23(25)29)19(27)11-13(2)3/h5-10,12-13,21,26,28H,4,11H2,1-3H3. The summed E-state index contributed by atoms with van der Waals surface area (Å²) in [6, 6.07) is 11.1. The van der Waals surface area contributed by atoms with Crippen LogP contribution in [0.2, 0.25) is 5.02 Å². The molecule has 1 atom stereocenters. The van der Waals surface area contributed by atoms with Crippen molar-refractivity contribution in [2.45, 2.75) is 39.7 Å². The molecule has 6 heteroatoms. The fourth-order valence-corrected chi connectivity index (χ4v) is 3.73. The van der Waals surface area contributed by atoms with Gasteiger partial charge in [-0.25, -0.2) is 0 Å². The van der Waals surface area contributed by atoms with Crippen molar-refractivity contribution in [3.63, 3.8) is 0 Å². The molecule has 1 amide bonds. The zero-order chi connectivity index (χ0) is 21.3. The fraction of sp³-hybridized carbons (Fsp3) is 0.304. The Morgan fingerprint density at radius 2 is 1.79 bits per heavy atom. The molecule has 29 heavy (non-hydrogen) atoms. The van der Waals surface area contributed by atoms with Crippen molar-refractivity contribution in [3.8, 4) is 5.75 Å². The third-order valence-corrected chi connectivity index (χ3v) is 5.32. The Labute approximate surface area is 175 Å². The number of anilines is 1. The van der Waals surface area contributed by atoms with Gasteiger partial charge >= 0.3 is 0 Å². The van der Waals surface area contributed by atoms with Gasteiger partial charge in [-0.05, 0) is 47.7 Å². The van der Waals surface area contributed by atoms with Crippen molar-refractivity contribution < 1.29 is 19.8 Å². The Morgan fingerprint density at radius 1 is 1.14 bits per heavy atom. The maximum absolute atomic E-state index is 13.0. The zero-order valence-electron chi connectivity index (χ0n) is 16.6. The number of Topliss-reactive ketones (excluding diaryl/α,β-unsaturated/α-hetero) is 1. The predicted octanol–water partition coefficient (Wildman–Crippen LogP) is 5.12. The van der Waals surface area contributed by atoms with Crippen LogP contribution in [0, 0.1) is 5.92 Å². The van der Waals surface area contributed by atoms with Gasteiger partial charge in [0.15, 0.2) is 11.5 Å². The van der Waals surface area contributed by atoms with Crippen molar-refractivity contribution >= 4 is 29.0 Å². The van der Waals surface area contributed by atoms with Crippen molar-refractivity contribution in [1.82, 2.24) is 0 Å². The van der Waals surface area contributed by atoms with E-state index in [0.717, 1.165) is 12.0 Å². The number of nitrogens with zero attached hydrogens (tertiary/aromatic N) is 1. The highest BCUT2D eigenvalue weighted by Gasteiger charge is 2.44. The van der Waals surface area contributed by atoms with Gasteiger partial charge in [0.1, 0.15) is 5.75 Å². The summed E-state index contributed by atoms with van der Waals surface area (Å²) in [7, 11) is 0. The number of phenols is 1. The molecule has 0 saturated carbocycles. The summed E-state index contributed by atoms with van der Waals surface area (Å²) in [6.45, 7) is 5.84. The van der Waals surface area contributed by atoms with Crippen molar-refractivity contribution in [1.29, 1.82) is 0 Å². The van der Waals surface area contributed by atoms with Gasteiger partial charge in [0.2, 0.25) is 0 Å². The van der Waals surface area contributed by atoms with E-state index in [-0.39, 0.29) is 34.5 Å². The van der Waals surface area contributed by atoms with Crippen LogP contribution in [0.3, 0.4) is 0 Å². The first-order valence-electron chi connectivity index (χ1n) is 9.61. The third kappa shape index (κ3) is 4.01. The number of benzene rings is 2. The highest BCUT2D eigenvalue weighted by atomic mass is 35.5. The summed E-state index contributed by atoms with van der Waals surface area (Å²) >= 11 is 6.09. The molecule has 5 nitrogen and oxygen atoms in total. The highest BCUT2D eigenvalue weighted by Crippen LogP contribution is 2.43. The average molecular weight is 414 g/mol. The Balaban J connectivity index is 2.15. The first-order valence-corrected chi connectivity index (χ1v) is 9.99. The lowest BCUT2D eigenvalue weighted by Crippen LogP contribution is -2.31. The number of rotatable bonds is 6. The predicted molar refractivity (Wildman–Crippen MR) is 113 cm³/mol. The Bertz CT molecular complexity index is 979. The van der Waals surface area contributed by atoms with E-state index in [4.69, 9.17) is 11.6 Å². The molecule has 0 radical (unpaired) electrons. The lowest BCUT2D eigenvalue weighted by Gasteiger charge is -2.27.